The molecular weight excluding hydrogens is 540 g/mol. The lowest BCUT2D eigenvalue weighted by atomic mass is 9.87. The molecule has 5 nitrogen and oxygen atoms in total. The first-order chi connectivity index (χ1) is 18.8. The van der Waals surface area contributed by atoms with Gasteiger partial charge < -0.3 is 9.47 Å². The summed E-state index contributed by atoms with van der Waals surface area (Å²) < 4.78 is 91.7. The summed E-state index contributed by atoms with van der Waals surface area (Å²) in [6, 6.07) is 18.5. The van der Waals surface area contributed by atoms with Crippen molar-refractivity contribution in [1.82, 2.24) is 4.90 Å². The third-order valence-electron chi connectivity index (χ3n) is 6.73. The van der Waals surface area contributed by atoms with Crippen molar-refractivity contribution in [3.05, 3.63) is 107 Å². The second-order valence-corrected chi connectivity index (χ2v) is 9.53. The van der Waals surface area contributed by atoms with Gasteiger partial charge in [-0.2, -0.15) is 26.3 Å². The summed E-state index contributed by atoms with van der Waals surface area (Å²) in [6.45, 7) is 0.546. The van der Waals surface area contributed by atoms with Gasteiger partial charge in [0.05, 0.1) is 30.4 Å². The first-order valence-electron chi connectivity index (χ1n) is 12.3. The van der Waals surface area contributed by atoms with E-state index in [2.05, 4.69) is 0 Å². The molecule has 0 radical (unpaired) electrons. The van der Waals surface area contributed by atoms with Crippen molar-refractivity contribution in [2.24, 2.45) is 0 Å². The van der Waals surface area contributed by atoms with Gasteiger partial charge in [0.1, 0.15) is 12.1 Å². The molecular formula is C29H25F6NO4. The standard InChI is InChI=1S/C29H25F6NO4/c1-19(21-12-23(28(30,31)32)14-24(13-21)29(33,34)35)40-18-27(22-10-6-3-7-11-22)15-25(37)16-36(27)26(38)39-17-20-8-4-2-5-9-20/h2-14,19H,15-18H2,1H3/t19-,27-/m1/s1. The number of halogens is 6. The summed E-state index contributed by atoms with van der Waals surface area (Å²) in [5.41, 5.74) is -3.46. The number of carbonyl (C=O) groups excluding carboxylic acids is 2. The van der Waals surface area contributed by atoms with Gasteiger partial charge in [-0.05, 0) is 41.8 Å². The molecule has 2 atom stereocenters. The van der Waals surface area contributed by atoms with E-state index in [0.717, 1.165) is 0 Å². The van der Waals surface area contributed by atoms with Crippen LogP contribution in [0.3, 0.4) is 0 Å². The van der Waals surface area contributed by atoms with Crippen molar-refractivity contribution in [1.29, 1.82) is 0 Å². The highest BCUT2D eigenvalue weighted by molar-refractivity contribution is 5.89. The van der Waals surface area contributed by atoms with Crippen molar-refractivity contribution in [3.8, 4) is 0 Å². The molecule has 3 aromatic carbocycles. The number of hydrogen-bond donors (Lipinski definition) is 0. The van der Waals surface area contributed by atoms with Gasteiger partial charge in [0.2, 0.25) is 0 Å². The average Bonchev–Trinajstić information content (AvgIpc) is 3.27. The summed E-state index contributed by atoms with van der Waals surface area (Å²) in [6.07, 6.45) is -12.3. The lowest BCUT2D eigenvalue weighted by Gasteiger charge is -2.38. The minimum Gasteiger partial charge on any atom is -0.445 e. The highest BCUT2D eigenvalue weighted by atomic mass is 19.4. The van der Waals surface area contributed by atoms with Crippen LogP contribution in [0.1, 0.15) is 47.3 Å². The third-order valence-corrected chi connectivity index (χ3v) is 6.73. The van der Waals surface area contributed by atoms with Gasteiger partial charge >= 0.3 is 18.4 Å². The topological polar surface area (TPSA) is 55.8 Å². The second kappa shape index (κ2) is 11.3. The Labute approximate surface area is 226 Å². The number of ketones is 1. The van der Waals surface area contributed by atoms with Crippen LogP contribution in [0.5, 0.6) is 0 Å². The van der Waals surface area contributed by atoms with E-state index in [1.807, 2.05) is 0 Å². The van der Waals surface area contributed by atoms with Crippen LogP contribution in [0.2, 0.25) is 0 Å². The highest BCUT2D eigenvalue weighted by Gasteiger charge is 2.50. The number of rotatable bonds is 7. The lowest BCUT2D eigenvalue weighted by molar-refractivity contribution is -0.143. The monoisotopic (exact) mass is 565 g/mol. The Bertz CT molecular complexity index is 1310. The number of ether oxygens (including phenoxy) is 2. The fourth-order valence-corrected chi connectivity index (χ4v) is 4.63. The Balaban J connectivity index is 1.64. The van der Waals surface area contributed by atoms with Crippen molar-refractivity contribution in [3.63, 3.8) is 0 Å². The number of hydrogen-bond acceptors (Lipinski definition) is 4. The molecule has 0 spiro atoms. The Morgan fingerprint density at radius 1 is 0.900 bits per heavy atom. The van der Waals surface area contributed by atoms with Crippen molar-refractivity contribution >= 4 is 11.9 Å². The molecule has 0 aliphatic carbocycles. The zero-order valence-corrected chi connectivity index (χ0v) is 21.3. The van der Waals surface area contributed by atoms with Crippen LogP contribution in [0.15, 0.2) is 78.9 Å². The van der Waals surface area contributed by atoms with Gasteiger partial charge in [0.25, 0.3) is 0 Å². The molecule has 11 heteroatoms. The molecule has 0 bridgehead atoms. The lowest BCUT2D eigenvalue weighted by Crippen LogP contribution is -2.48. The number of Topliss-reactive ketones (excluding diaryl/α,β-unsaturated/α-hetero) is 1. The van der Waals surface area contributed by atoms with Gasteiger partial charge in [-0.15, -0.1) is 0 Å². The normalized spacial score (nSPS) is 18.6. The molecule has 4 rings (SSSR count). The molecule has 0 unspecified atom stereocenters. The first-order valence-corrected chi connectivity index (χ1v) is 12.3. The molecule has 3 aromatic rings. The van der Waals surface area contributed by atoms with E-state index in [1.54, 1.807) is 60.7 Å². The summed E-state index contributed by atoms with van der Waals surface area (Å²) in [4.78, 5) is 27.1. The molecule has 1 heterocycles. The summed E-state index contributed by atoms with van der Waals surface area (Å²) >= 11 is 0. The molecule has 1 amide bonds. The number of benzene rings is 3. The first kappa shape index (κ1) is 29.1. The van der Waals surface area contributed by atoms with E-state index in [0.29, 0.717) is 23.3 Å². The molecule has 0 aromatic heterocycles. The van der Waals surface area contributed by atoms with E-state index in [-0.39, 0.29) is 43.6 Å². The molecule has 212 valence electrons. The third kappa shape index (κ3) is 6.47. The molecule has 0 N–H and O–H groups in total. The maximum Gasteiger partial charge on any atom is 0.416 e. The van der Waals surface area contributed by atoms with Gasteiger partial charge in [-0.25, -0.2) is 4.79 Å². The summed E-state index contributed by atoms with van der Waals surface area (Å²) in [5.74, 6) is -0.310. The minimum absolute atomic E-state index is 0.0434. The summed E-state index contributed by atoms with van der Waals surface area (Å²) in [7, 11) is 0. The van der Waals surface area contributed by atoms with Crippen LogP contribution in [0, 0.1) is 0 Å². The highest BCUT2D eigenvalue weighted by Crippen LogP contribution is 2.41. The molecule has 1 fully saturated rings. The van der Waals surface area contributed by atoms with Crippen LogP contribution in [-0.2, 0) is 38.8 Å². The van der Waals surface area contributed by atoms with Crippen LogP contribution in [0.4, 0.5) is 31.1 Å². The molecule has 0 saturated carbocycles. The van der Waals surface area contributed by atoms with Crippen LogP contribution in [0.25, 0.3) is 0 Å². The van der Waals surface area contributed by atoms with E-state index in [1.165, 1.54) is 11.8 Å². The number of amides is 1. The molecule has 1 saturated heterocycles. The second-order valence-electron chi connectivity index (χ2n) is 9.53. The van der Waals surface area contributed by atoms with E-state index in [9.17, 15) is 35.9 Å². The fourth-order valence-electron chi connectivity index (χ4n) is 4.63. The quantitative estimate of drug-likeness (QED) is 0.282. The smallest absolute Gasteiger partial charge is 0.416 e. The predicted molar refractivity (Wildman–Crippen MR) is 132 cm³/mol. The molecule has 1 aliphatic heterocycles. The largest absolute Gasteiger partial charge is 0.445 e. The van der Waals surface area contributed by atoms with Crippen molar-refractivity contribution < 1.29 is 45.4 Å². The van der Waals surface area contributed by atoms with Crippen molar-refractivity contribution in [2.75, 3.05) is 13.2 Å². The maximum atomic E-state index is 13.4. The fraction of sp³-hybridized carbons (Fsp3) is 0.310. The number of carbonyl (C=O) groups is 2. The van der Waals surface area contributed by atoms with E-state index < -0.39 is 41.2 Å². The van der Waals surface area contributed by atoms with Crippen molar-refractivity contribution in [2.45, 2.75) is 43.9 Å². The van der Waals surface area contributed by atoms with Crippen LogP contribution >= 0.6 is 0 Å². The zero-order chi connectivity index (χ0) is 29.1. The number of nitrogens with zero attached hydrogens (tertiary/aromatic N) is 1. The van der Waals surface area contributed by atoms with E-state index in [4.69, 9.17) is 9.47 Å². The van der Waals surface area contributed by atoms with Crippen LogP contribution < -0.4 is 0 Å². The average molecular weight is 566 g/mol. The summed E-state index contributed by atoms with van der Waals surface area (Å²) in [5, 5.41) is 0. The molecule has 1 aliphatic rings. The minimum atomic E-state index is -5.02. The Hall–Kier alpha value is -3.86. The number of alkyl halides is 6. The van der Waals surface area contributed by atoms with Crippen LogP contribution in [-0.4, -0.2) is 29.9 Å². The predicted octanol–water partition coefficient (Wildman–Crippen LogP) is 7.31. The zero-order valence-electron chi connectivity index (χ0n) is 21.3. The van der Waals surface area contributed by atoms with Gasteiger partial charge in [-0.1, -0.05) is 60.7 Å². The Morgan fingerprint density at radius 2 is 1.45 bits per heavy atom. The SMILES string of the molecule is C[C@@H](OC[C@@]1(c2ccccc2)CC(=O)CN1C(=O)OCc1ccccc1)c1cc(C(F)(F)F)cc(C(F)(F)F)c1. The Morgan fingerprint density at radius 3 is 2.00 bits per heavy atom. The van der Waals surface area contributed by atoms with E-state index >= 15 is 0 Å². The Kier molecular flexibility index (Phi) is 8.25. The maximum absolute atomic E-state index is 13.4. The van der Waals surface area contributed by atoms with Gasteiger partial charge in [-0.3, -0.25) is 9.69 Å². The number of likely N-dealkylation sites (tertiary alicyclic amines) is 1. The van der Waals surface area contributed by atoms with Gasteiger partial charge in [0, 0.05) is 6.42 Å². The molecule has 40 heavy (non-hydrogen) atoms. The van der Waals surface area contributed by atoms with Gasteiger partial charge in [0.15, 0.2) is 5.78 Å².